The SMILES string of the molecule is CC(C)(C)CC(C)(C)c1cn(N)nn1. The number of rotatable bonds is 2. The standard InChI is InChI=1S/C10H20N4/c1-9(2,3)7-10(4,5)8-6-14(11)13-12-8/h6H,7,11H2,1-5H3. The molecule has 0 aliphatic rings. The third-order valence-electron chi connectivity index (χ3n) is 2.18. The maximum Gasteiger partial charge on any atom is 0.0905 e. The average Bonchev–Trinajstić information content (AvgIpc) is 2.29. The van der Waals surface area contributed by atoms with Crippen molar-refractivity contribution in [1.82, 2.24) is 15.1 Å². The Hall–Kier alpha value is -1.06. The van der Waals surface area contributed by atoms with Crippen molar-refractivity contribution in [2.75, 3.05) is 5.84 Å². The molecule has 80 valence electrons. The van der Waals surface area contributed by atoms with E-state index in [4.69, 9.17) is 5.84 Å². The fraction of sp³-hybridized carbons (Fsp3) is 0.800. The minimum Gasteiger partial charge on any atom is -0.322 e. The second-order valence-corrected chi connectivity index (χ2v) is 5.71. The fourth-order valence-corrected chi connectivity index (χ4v) is 2.00. The Morgan fingerprint density at radius 3 is 2.21 bits per heavy atom. The summed E-state index contributed by atoms with van der Waals surface area (Å²) in [6.07, 6.45) is 2.84. The molecule has 0 aromatic carbocycles. The molecular formula is C10H20N4. The van der Waals surface area contributed by atoms with Gasteiger partial charge in [-0.1, -0.05) is 34.6 Å². The van der Waals surface area contributed by atoms with Crippen LogP contribution in [0.25, 0.3) is 0 Å². The van der Waals surface area contributed by atoms with Gasteiger partial charge < -0.3 is 5.84 Å². The van der Waals surface area contributed by atoms with Crippen LogP contribution in [0.4, 0.5) is 0 Å². The van der Waals surface area contributed by atoms with Crippen molar-refractivity contribution in [1.29, 1.82) is 0 Å². The number of hydrogen-bond acceptors (Lipinski definition) is 3. The number of aromatic nitrogens is 3. The highest BCUT2D eigenvalue weighted by Gasteiger charge is 2.29. The zero-order valence-electron chi connectivity index (χ0n) is 9.70. The van der Waals surface area contributed by atoms with Crippen molar-refractivity contribution in [3.8, 4) is 0 Å². The number of nitrogens with zero attached hydrogens (tertiary/aromatic N) is 3. The van der Waals surface area contributed by atoms with Crippen molar-refractivity contribution in [2.45, 2.75) is 46.5 Å². The first-order valence-corrected chi connectivity index (χ1v) is 4.89. The fourth-order valence-electron chi connectivity index (χ4n) is 2.00. The van der Waals surface area contributed by atoms with Gasteiger partial charge in [-0.2, -0.15) is 4.79 Å². The molecule has 4 nitrogen and oxygen atoms in total. The monoisotopic (exact) mass is 196 g/mol. The van der Waals surface area contributed by atoms with Gasteiger partial charge in [-0.25, -0.2) is 0 Å². The molecule has 1 aromatic heterocycles. The van der Waals surface area contributed by atoms with E-state index in [0.29, 0.717) is 0 Å². The quantitative estimate of drug-likeness (QED) is 0.732. The molecule has 0 fully saturated rings. The Bertz CT molecular complexity index is 306. The van der Waals surface area contributed by atoms with Crippen LogP contribution in [0.5, 0.6) is 0 Å². The Kier molecular flexibility index (Phi) is 2.56. The predicted molar refractivity (Wildman–Crippen MR) is 57.3 cm³/mol. The summed E-state index contributed by atoms with van der Waals surface area (Å²) in [6.45, 7) is 11.0. The highest BCUT2D eigenvalue weighted by molar-refractivity contribution is 5.09. The van der Waals surface area contributed by atoms with Gasteiger partial charge in [-0.05, 0) is 17.0 Å². The molecule has 0 amide bonds. The molecule has 0 aliphatic heterocycles. The highest BCUT2D eigenvalue weighted by atomic mass is 15.6. The second kappa shape index (κ2) is 3.26. The van der Waals surface area contributed by atoms with E-state index in [2.05, 4.69) is 44.9 Å². The van der Waals surface area contributed by atoms with Crippen molar-refractivity contribution >= 4 is 0 Å². The molecule has 0 unspecified atom stereocenters. The van der Waals surface area contributed by atoms with Gasteiger partial charge in [0.2, 0.25) is 0 Å². The minimum atomic E-state index is 0.0237. The van der Waals surface area contributed by atoms with E-state index in [-0.39, 0.29) is 10.8 Å². The lowest BCUT2D eigenvalue weighted by Crippen LogP contribution is -2.25. The van der Waals surface area contributed by atoms with E-state index in [1.54, 1.807) is 6.20 Å². The van der Waals surface area contributed by atoms with E-state index in [0.717, 1.165) is 12.1 Å². The lowest BCUT2D eigenvalue weighted by molar-refractivity contribution is 0.279. The number of nitrogen functional groups attached to an aromatic ring is 1. The van der Waals surface area contributed by atoms with Crippen LogP contribution < -0.4 is 5.84 Å². The Balaban J connectivity index is 2.85. The van der Waals surface area contributed by atoms with Crippen molar-refractivity contribution in [2.24, 2.45) is 5.41 Å². The minimum absolute atomic E-state index is 0.0237. The molecule has 1 rings (SSSR count). The zero-order valence-corrected chi connectivity index (χ0v) is 9.70. The van der Waals surface area contributed by atoms with Gasteiger partial charge in [-0.15, -0.1) is 5.10 Å². The van der Waals surface area contributed by atoms with Crippen LogP contribution in [0.3, 0.4) is 0 Å². The van der Waals surface area contributed by atoms with Gasteiger partial charge in [0.1, 0.15) is 0 Å². The van der Waals surface area contributed by atoms with Crippen molar-refractivity contribution in [3.63, 3.8) is 0 Å². The summed E-state index contributed by atoms with van der Waals surface area (Å²) in [7, 11) is 0. The topological polar surface area (TPSA) is 56.7 Å². The Morgan fingerprint density at radius 2 is 1.86 bits per heavy atom. The van der Waals surface area contributed by atoms with Gasteiger partial charge >= 0.3 is 0 Å². The molecule has 0 atom stereocenters. The van der Waals surface area contributed by atoms with E-state index in [1.165, 1.54) is 4.79 Å². The third kappa shape index (κ3) is 2.72. The average molecular weight is 196 g/mol. The van der Waals surface area contributed by atoms with E-state index >= 15 is 0 Å². The molecule has 0 radical (unpaired) electrons. The van der Waals surface area contributed by atoms with Crippen LogP contribution >= 0.6 is 0 Å². The predicted octanol–water partition coefficient (Wildman–Crippen LogP) is 1.71. The summed E-state index contributed by atoms with van der Waals surface area (Å²) in [5, 5.41) is 7.82. The zero-order chi connectivity index (χ0) is 11.0. The first-order valence-electron chi connectivity index (χ1n) is 4.89. The number of nitrogens with two attached hydrogens (primary N) is 1. The molecular weight excluding hydrogens is 176 g/mol. The molecule has 2 N–H and O–H groups in total. The summed E-state index contributed by atoms with van der Waals surface area (Å²) in [5.41, 5.74) is 1.26. The Labute approximate surface area is 85.5 Å². The second-order valence-electron chi connectivity index (χ2n) is 5.71. The smallest absolute Gasteiger partial charge is 0.0905 e. The number of hydrogen-bond donors (Lipinski definition) is 1. The summed E-state index contributed by atoms with van der Waals surface area (Å²) in [4.78, 5) is 1.26. The molecule has 1 aromatic rings. The van der Waals surface area contributed by atoms with Crippen LogP contribution in [-0.2, 0) is 5.41 Å². The Morgan fingerprint density at radius 1 is 1.29 bits per heavy atom. The van der Waals surface area contributed by atoms with Crippen LogP contribution in [-0.4, -0.2) is 15.1 Å². The van der Waals surface area contributed by atoms with E-state index in [9.17, 15) is 0 Å². The molecule has 0 bridgehead atoms. The van der Waals surface area contributed by atoms with E-state index in [1.807, 2.05) is 0 Å². The van der Waals surface area contributed by atoms with Gasteiger partial charge in [0.15, 0.2) is 0 Å². The molecule has 0 saturated heterocycles. The summed E-state index contributed by atoms with van der Waals surface area (Å²) in [6, 6.07) is 0. The van der Waals surface area contributed by atoms with Gasteiger partial charge in [0.05, 0.1) is 11.9 Å². The van der Waals surface area contributed by atoms with Crippen molar-refractivity contribution < 1.29 is 0 Å². The van der Waals surface area contributed by atoms with Gasteiger partial charge in [0.25, 0.3) is 0 Å². The van der Waals surface area contributed by atoms with Gasteiger partial charge in [0, 0.05) is 5.41 Å². The first-order chi connectivity index (χ1) is 6.21. The van der Waals surface area contributed by atoms with Crippen LogP contribution in [0.15, 0.2) is 6.20 Å². The largest absolute Gasteiger partial charge is 0.322 e. The van der Waals surface area contributed by atoms with E-state index < -0.39 is 0 Å². The van der Waals surface area contributed by atoms with Crippen LogP contribution in [0.1, 0.15) is 46.7 Å². The molecule has 0 spiro atoms. The van der Waals surface area contributed by atoms with Crippen molar-refractivity contribution in [3.05, 3.63) is 11.9 Å². The lowest BCUT2D eigenvalue weighted by Gasteiger charge is -2.30. The first kappa shape index (κ1) is 11.0. The highest BCUT2D eigenvalue weighted by Crippen LogP contribution is 2.34. The molecule has 1 heterocycles. The summed E-state index contributed by atoms with van der Waals surface area (Å²) >= 11 is 0. The normalized spacial score (nSPS) is 13.2. The molecule has 0 aliphatic carbocycles. The van der Waals surface area contributed by atoms with Gasteiger partial charge in [-0.3, -0.25) is 0 Å². The van der Waals surface area contributed by atoms with Crippen LogP contribution in [0, 0.1) is 5.41 Å². The maximum atomic E-state index is 5.48. The lowest BCUT2D eigenvalue weighted by atomic mass is 9.75. The summed E-state index contributed by atoms with van der Waals surface area (Å²) in [5.74, 6) is 5.48. The molecule has 4 heteroatoms. The van der Waals surface area contributed by atoms with Crippen LogP contribution in [0.2, 0.25) is 0 Å². The molecule has 14 heavy (non-hydrogen) atoms. The molecule has 0 saturated carbocycles. The third-order valence-corrected chi connectivity index (χ3v) is 2.18. The maximum absolute atomic E-state index is 5.48. The summed E-state index contributed by atoms with van der Waals surface area (Å²) < 4.78 is 0.